The van der Waals surface area contributed by atoms with Gasteiger partial charge in [0.1, 0.15) is 11.6 Å². The molecule has 3 heterocycles. The molecule has 39 heavy (non-hydrogen) atoms. The van der Waals surface area contributed by atoms with Crippen LogP contribution < -0.4 is 10.2 Å². The van der Waals surface area contributed by atoms with E-state index >= 15 is 0 Å². The Hall–Kier alpha value is -3.59. The quantitative estimate of drug-likeness (QED) is 0.290. The highest BCUT2D eigenvalue weighted by atomic mass is 35.5. The summed E-state index contributed by atoms with van der Waals surface area (Å²) < 4.78 is 14.6. The van der Waals surface area contributed by atoms with Crippen molar-refractivity contribution in [3.05, 3.63) is 76.8 Å². The first-order valence-corrected chi connectivity index (χ1v) is 13.5. The summed E-state index contributed by atoms with van der Waals surface area (Å²) in [6.07, 6.45) is 5.20. The molecule has 9 heteroatoms. The number of aromatic nitrogens is 2. The van der Waals surface area contributed by atoms with Crippen molar-refractivity contribution < 1.29 is 14.3 Å². The molecule has 0 atom stereocenters. The molecule has 1 aliphatic heterocycles. The Kier molecular flexibility index (Phi) is 6.93. The Balaban J connectivity index is 1.39. The smallest absolute Gasteiger partial charge is 0.169 e. The van der Waals surface area contributed by atoms with Gasteiger partial charge in [0, 0.05) is 54.3 Å². The lowest BCUT2D eigenvalue weighted by molar-refractivity contribution is 0.0968. The summed E-state index contributed by atoms with van der Waals surface area (Å²) in [4.78, 5) is 27.1. The summed E-state index contributed by atoms with van der Waals surface area (Å²) in [5.74, 6) is 0.445. The lowest BCUT2D eigenvalue weighted by Crippen LogP contribution is -2.44. The number of nitrogens with zero attached hydrogens (tertiary/aromatic N) is 4. The van der Waals surface area contributed by atoms with E-state index in [0.29, 0.717) is 22.3 Å². The fraction of sp³-hybridized carbons (Fsp3) is 0.300. The Morgan fingerprint density at radius 2 is 1.85 bits per heavy atom. The number of likely N-dealkylation sites (N-methyl/N-ethyl adjacent to an activating group) is 1. The van der Waals surface area contributed by atoms with E-state index in [-0.39, 0.29) is 22.3 Å². The first-order chi connectivity index (χ1) is 18.9. The molecule has 0 amide bonds. The van der Waals surface area contributed by atoms with Gasteiger partial charge in [-0.15, -0.1) is 0 Å². The van der Waals surface area contributed by atoms with Crippen molar-refractivity contribution >= 4 is 45.5 Å². The van der Waals surface area contributed by atoms with Crippen molar-refractivity contribution in [3.8, 4) is 11.1 Å². The first-order valence-electron chi connectivity index (χ1n) is 13.1. The van der Waals surface area contributed by atoms with Crippen LogP contribution in [-0.4, -0.2) is 59.0 Å². The zero-order valence-electron chi connectivity index (χ0n) is 21.6. The molecule has 0 unspecified atom stereocenters. The molecule has 2 aliphatic rings. The predicted octanol–water partition coefficient (Wildman–Crippen LogP) is 5.67. The number of aliphatic hydroxyl groups excluding tert-OH is 1. The van der Waals surface area contributed by atoms with Gasteiger partial charge in [0.2, 0.25) is 0 Å². The number of Topliss-reactive ketones (excluding diaryl/α,β-unsaturated/α-hetero) is 1. The van der Waals surface area contributed by atoms with E-state index in [1.54, 1.807) is 18.5 Å². The number of rotatable bonds is 7. The van der Waals surface area contributed by atoms with Crippen LogP contribution in [0.3, 0.4) is 0 Å². The first kappa shape index (κ1) is 25.7. The number of anilines is 3. The summed E-state index contributed by atoms with van der Waals surface area (Å²) in [5, 5.41) is 13.8. The van der Waals surface area contributed by atoms with E-state index in [0.717, 1.165) is 61.5 Å². The predicted molar refractivity (Wildman–Crippen MR) is 152 cm³/mol. The van der Waals surface area contributed by atoms with Crippen molar-refractivity contribution in [2.75, 3.05) is 43.4 Å². The van der Waals surface area contributed by atoms with E-state index in [2.05, 4.69) is 27.1 Å². The van der Waals surface area contributed by atoms with Crippen molar-refractivity contribution in [1.29, 1.82) is 0 Å². The van der Waals surface area contributed by atoms with Gasteiger partial charge in [0.15, 0.2) is 5.78 Å². The second kappa shape index (κ2) is 10.5. The van der Waals surface area contributed by atoms with Crippen LogP contribution in [0.5, 0.6) is 0 Å². The lowest BCUT2D eigenvalue weighted by atomic mass is 9.98. The van der Waals surface area contributed by atoms with E-state index in [1.807, 2.05) is 30.3 Å². The molecule has 1 saturated carbocycles. The van der Waals surface area contributed by atoms with Crippen LogP contribution in [0, 0.1) is 11.7 Å². The Morgan fingerprint density at radius 1 is 1.05 bits per heavy atom. The van der Waals surface area contributed by atoms with Crippen molar-refractivity contribution in [2.45, 2.75) is 19.4 Å². The molecule has 1 aliphatic carbocycles. The van der Waals surface area contributed by atoms with Gasteiger partial charge in [-0.2, -0.15) is 0 Å². The van der Waals surface area contributed by atoms with Crippen molar-refractivity contribution in [3.63, 3.8) is 0 Å². The van der Waals surface area contributed by atoms with Gasteiger partial charge in [-0.1, -0.05) is 17.7 Å². The third-order valence-electron chi connectivity index (χ3n) is 7.56. The summed E-state index contributed by atoms with van der Waals surface area (Å²) in [5.41, 5.74) is 4.01. The number of ketones is 1. The number of hydrogen-bond acceptors (Lipinski definition) is 7. The molecule has 0 bridgehead atoms. The molecule has 0 radical (unpaired) electrons. The molecule has 200 valence electrons. The fourth-order valence-corrected chi connectivity index (χ4v) is 5.27. The molecule has 2 aromatic heterocycles. The van der Waals surface area contributed by atoms with Gasteiger partial charge >= 0.3 is 0 Å². The van der Waals surface area contributed by atoms with Gasteiger partial charge in [0.05, 0.1) is 35.3 Å². The molecule has 7 nitrogen and oxygen atoms in total. The number of halogens is 2. The van der Waals surface area contributed by atoms with Gasteiger partial charge in [-0.25, -0.2) is 9.37 Å². The minimum Gasteiger partial charge on any atom is -0.392 e. The summed E-state index contributed by atoms with van der Waals surface area (Å²) >= 11 is 6.24. The van der Waals surface area contributed by atoms with Crippen LogP contribution >= 0.6 is 11.6 Å². The fourth-order valence-electron chi connectivity index (χ4n) is 5.01. The number of fused-ring (bicyclic) bond motifs is 1. The van der Waals surface area contributed by atoms with Crippen LogP contribution in [0.4, 0.5) is 21.6 Å². The Labute approximate surface area is 231 Å². The summed E-state index contributed by atoms with van der Waals surface area (Å²) in [6.45, 7) is 3.37. The molecule has 4 aromatic rings. The van der Waals surface area contributed by atoms with E-state index < -0.39 is 12.4 Å². The van der Waals surface area contributed by atoms with Crippen LogP contribution in [0.2, 0.25) is 5.02 Å². The van der Waals surface area contributed by atoms with Gasteiger partial charge < -0.3 is 20.2 Å². The molecular weight excluding hydrogens is 517 g/mol. The Morgan fingerprint density at radius 3 is 2.51 bits per heavy atom. The molecular formula is C30H29ClFN5O2. The third-order valence-corrected chi connectivity index (χ3v) is 7.90. The Bertz CT molecular complexity index is 1530. The molecule has 2 N–H and O–H groups in total. The standard InChI is InChI=1S/C30H29ClFN5O2/c1-36-8-10-37(11-9-36)28-7-5-21(15-34-28)35-29-22-12-19(20-13-25(31)24(17-38)26(32)14-20)4-6-27(22)33-16-23(29)30(39)18-2-3-18/h4-7,12-16,18,38H,2-3,8-11,17H2,1H3,(H,33,35). The third kappa shape index (κ3) is 5.20. The summed E-state index contributed by atoms with van der Waals surface area (Å²) in [6, 6.07) is 12.6. The normalized spacial score (nSPS) is 16.1. The highest BCUT2D eigenvalue weighted by Gasteiger charge is 2.32. The summed E-state index contributed by atoms with van der Waals surface area (Å²) in [7, 11) is 2.12. The number of nitrogens with one attached hydrogen (secondary N) is 1. The molecule has 2 fully saturated rings. The number of piperazine rings is 1. The minimum absolute atomic E-state index is 0.0182. The molecule has 2 aromatic carbocycles. The highest BCUT2D eigenvalue weighted by Crippen LogP contribution is 2.39. The maximum absolute atomic E-state index is 14.6. The van der Waals surface area contributed by atoms with Gasteiger partial charge in [-0.3, -0.25) is 9.78 Å². The number of aliphatic hydroxyl groups is 1. The largest absolute Gasteiger partial charge is 0.392 e. The number of carbonyl (C=O) groups is 1. The number of hydrogen-bond donors (Lipinski definition) is 2. The van der Waals surface area contributed by atoms with Gasteiger partial charge in [0.25, 0.3) is 0 Å². The molecule has 0 spiro atoms. The van der Waals surface area contributed by atoms with E-state index in [1.165, 1.54) is 6.07 Å². The second-order valence-corrected chi connectivity index (χ2v) is 10.7. The molecule has 1 saturated heterocycles. The average Bonchev–Trinajstić information content (AvgIpc) is 3.79. The maximum atomic E-state index is 14.6. The van der Waals surface area contributed by atoms with Crippen LogP contribution in [0.15, 0.2) is 54.9 Å². The van der Waals surface area contributed by atoms with E-state index in [4.69, 9.17) is 16.6 Å². The molecule has 6 rings (SSSR count). The van der Waals surface area contributed by atoms with Crippen LogP contribution in [0.25, 0.3) is 22.0 Å². The second-order valence-electron chi connectivity index (χ2n) is 10.3. The van der Waals surface area contributed by atoms with E-state index in [9.17, 15) is 14.3 Å². The maximum Gasteiger partial charge on any atom is 0.169 e. The topological polar surface area (TPSA) is 81.6 Å². The van der Waals surface area contributed by atoms with Crippen LogP contribution in [-0.2, 0) is 6.61 Å². The van der Waals surface area contributed by atoms with Crippen LogP contribution in [0.1, 0.15) is 28.8 Å². The SMILES string of the molecule is CN1CCN(c2ccc(Nc3c(C(=O)C4CC4)cnc4ccc(-c5cc(F)c(CO)c(Cl)c5)cc34)cn2)CC1. The number of pyridine rings is 2. The van der Waals surface area contributed by atoms with Crippen molar-refractivity contribution in [1.82, 2.24) is 14.9 Å². The lowest BCUT2D eigenvalue weighted by Gasteiger charge is -2.33. The average molecular weight is 546 g/mol. The zero-order chi connectivity index (χ0) is 27.1. The number of carbonyl (C=O) groups excluding carboxylic acids is 1. The van der Waals surface area contributed by atoms with Gasteiger partial charge in [-0.05, 0) is 67.4 Å². The highest BCUT2D eigenvalue weighted by molar-refractivity contribution is 6.31. The zero-order valence-corrected chi connectivity index (χ0v) is 22.4. The van der Waals surface area contributed by atoms with Crippen molar-refractivity contribution in [2.24, 2.45) is 5.92 Å². The number of benzene rings is 2. The minimum atomic E-state index is -0.569. The monoisotopic (exact) mass is 545 g/mol.